The predicted molar refractivity (Wildman–Crippen MR) is 88.5 cm³/mol. The van der Waals surface area contributed by atoms with Crippen LogP contribution < -0.4 is 10.1 Å². The molecule has 0 aliphatic heterocycles. The maximum absolute atomic E-state index is 12.1. The molecule has 22 heavy (non-hydrogen) atoms. The Hall–Kier alpha value is -2.33. The van der Waals surface area contributed by atoms with Crippen LogP contribution in [0.25, 0.3) is 0 Å². The summed E-state index contributed by atoms with van der Waals surface area (Å²) in [5, 5.41) is 2.92. The van der Waals surface area contributed by atoms with E-state index in [-0.39, 0.29) is 5.91 Å². The number of amides is 1. The van der Waals surface area contributed by atoms with Gasteiger partial charge in [-0.25, -0.2) is 0 Å². The molecule has 1 N–H and O–H groups in total. The number of carbonyl (C=O) groups excluding carboxylic acids is 1. The van der Waals surface area contributed by atoms with Crippen molar-refractivity contribution in [1.82, 2.24) is 10.2 Å². The van der Waals surface area contributed by atoms with Crippen molar-refractivity contribution in [3.63, 3.8) is 0 Å². The topological polar surface area (TPSA) is 41.6 Å². The van der Waals surface area contributed by atoms with Crippen LogP contribution in [0, 0.1) is 0 Å². The van der Waals surface area contributed by atoms with Gasteiger partial charge in [-0.05, 0) is 57.4 Å². The lowest BCUT2D eigenvalue weighted by atomic mass is 10.2. The highest BCUT2D eigenvalue weighted by Gasteiger charge is 2.06. The summed E-state index contributed by atoms with van der Waals surface area (Å²) in [6, 6.07) is 16.7. The number of nitrogens with one attached hydrogen (secondary N) is 1. The molecule has 2 aromatic rings. The van der Waals surface area contributed by atoms with Crippen LogP contribution in [-0.4, -0.2) is 38.0 Å². The maximum Gasteiger partial charge on any atom is 0.251 e. The van der Waals surface area contributed by atoms with E-state index in [1.807, 2.05) is 56.6 Å². The minimum Gasteiger partial charge on any atom is -0.457 e. The summed E-state index contributed by atoms with van der Waals surface area (Å²) in [6.45, 7) is 1.62. The highest BCUT2D eigenvalue weighted by molar-refractivity contribution is 5.94. The molecule has 0 aliphatic rings. The Labute approximate surface area is 131 Å². The summed E-state index contributed by atoms with van der Waals surface area (Å²) in [7, 11) is 4.04. The third-order valence-electron chi connectivity index (χ3n) is 3.14. The molecule has 0 unspecified atom stereocenters. The first-order valence-corrected chi connectivity index (χ1v) is 7.41. The first-order valence-electron chi connectivity index (χ1n) is 7.41. The van der Waals surface area contributed by atoms with Crippen LogP contribution in [0.1, 0.15) is 16.8 Å². The Kier molecular flexibility index (Phi) is 5.98. The Morgan fingerprint density at radius 3 is 2.50 bits per heavy atom. The van der Waals surface area contributed by atoms with Gasteiger partial charge in [0, 0.05) is 12.1 Å². The number of benzene rings is 2. The lowest BCUT2D eigenvalue weighted by Crippen LogP contribution is -2.27. The van der Waals surface area contributed by atoms with Crippen LogP contribution in [0.4, 0.5) is 0 Å². The first-order chi connectivity index (χ1) is 10.6. The van der Waals surface area contributed by atoms with E-state index < -0.39 is 0 Å². The van der Waals surface area contributed by atoms with E-state index in [0.29, 0.717) is 17.9 Å². The molecule has 0 aliphatic carbocycles. The van der Waals surface area contributed by atoms with E-state index in [1.54, 1.807) is 12.1 Å². The van der Waals surface area contributed by atoms with Crippen LogP contribution in [0.2, 0.25) is 0 Å². The van der Waals surface area contributed by atoms with Gasteiger partial charge >= 0.3 is 0 Å². The molecule has 0 atom stereocenters. The third-order valence-corrected chi connectivity index (χ3v) is 3.14. The van der Waals surface area contributed by atoms with E-state index in [9.17, 15) is 4.79 Å². The van der Waals surface area contributed by atoms with Crippen LogP contribution >= 0.6 is 0 Å². The molecule has 0 radical (unpaired) electrons. The van der Waals surface area contributed by atoms with E-state index in [4.69, 9.17) is 4.74 Å². The van der Waals surface area contributed by atoms with Crippen molar-refractivity contribution in [1.29, 1.82) is 0 Å². The molecule has 2 rings (SSSR count). The van der Waals surface area contributed by atoms with Gasteiger partial charge in [-0.15, -0.1) is 0 Å². The zero-order valence-electron chi connectivity index (χ0n) is 13.1. The monoisotopic (exact) mass is 298 g/mol. The fourth-order valence-corrected chi connectivity index (χ4v) is 2.02. The van der Waals surface area contributed by atoms with Crippen LogP contribution in [0.3, 0.4) is 0 Å². The summed E-state index contributed by atoms with van der Waals surface area (Å²) in [5.41, 5.74) is 0.610. The molecular weight excluding hydrogens is 276 g/mol. The van der Waals surface area contributed by atoms with E-state index in [2.05, 4.69) is 10.2 Å². The molecule has 2 aromatic carbocycles. The molecule has 0 saturated heterocycles. The van der Waals surface area contributed by atoms with E-state index >= 15 is 0 Å². The molecule has 0 spiro atoms. The SMILES string of the molecule is CN(C)CCCNC(=O)c1cccc(Oc2ccccc2)c1. The lowest BCUT2D eigenvalue weighted by Gasteiger charge is -2.10. The average Bonchev–Trinajstić information content (AvgIpc) is 2.52. The van der Waals surface area contributed by atoms with E-state index in [0.717, 1.165) is 18.7 Å². The first kappa shape index (κ1) is 16.0. The summed E-state index contributed by atoms with van der Waals surface area (Å²) < 4.78 is 5.74. The van der Waals surface area contributed by atoms with Gasteiger partial charge in [0.25, 0.3) is 5.91 Å². The van der Waals surface area contributed by atoms with Crippen LogP contribution in [0.5, 0.6) is 11.5 Å². The number of nitrogens with zero attached hydrogens (tertiary/aromatic N) is 1. The van der Waals surface area contributed by atoms with Crippen molar-refractivity contribution in [2.75, 3.05) is 27.2 Å². The Morgan fingerprint density at radius 1 is 1.05 bits per heavy atom. The number of para-hydroxylation sites is 1. The van der Waals surface area contributed by atoms with Gasteiger partial charge in [0.2, 0.25) is 0 Å². The van der Waals surface area contributed by atoms with Gasteiger partial charge in [-0.1, -0.05) is 24.3 Å². The minimum absolute atomic E-state index is 0.0720. The second kappa shape index (κ2) is 8.20. The Balaban J connectivity index is 1.91. The lowest BCUT2D eigenvalue weighted by molar-refractivity contribution is 0.0952. The molecule has 0 bridgehead atoms. The molecule has 0 saturated carbocycles. The Bertz CT molecular complexity index is 597. The second-order valence-electron chi connectivity index (χ2n) is 5.36. The van der Waals surface area contributed by atoms with Gasteiger partial charge in [0.1, 0.15) is 11.5 Å². The van der Waals surface area contributed by atoms with Crippen molar-refractivity contribution in [2.45, 2.75) is 6.42 Å². The maximum atomic E-state index is 12.1. The molecule has 4 heteroatoms. The number of ether oxygens (including phenoxy) is 1. The normalized spacial score (nSPS) is 10.5. The van der Waals surface area contributed by atoms with Crippen molar-refractivity contribution in [3.8, 4) is 11.5 Å². The molecular formula is C18H22N2O2. The van der Waals surface area contributed by atoms with Crippen molar-refractivity contribution in [3.05, 3.63) is 60.2 Å². The predicted octanol–water partition coefficient (Wildman–Crippen LogP) is 3.16. The summed E-state index contributed by atoms with van der Waals surface area (Å²) in [4.78, 5) is 14.2. The zero-order valence-corrected chi connectivity index (χ0v) is 13.1. The van der Waals surface area contributed by atoms with Gasteiger partial charge < -0.3 is 15.0 Å². The van der Waals surface area contributed by atoms with Crippen molar-refractivity contribution >= 4 is 5.91 Å². The largest absolute Gasteiger partial charge is 0.457 e. The number of hydrogen-bond donors (Lipinski definition) is 1. The number of carbonyl (C=O) groups is 1. The van der Waals surface area contributed by atoms with Crippen LogP contribution in [0.15, 0.2) is 54.6 Å². The summed E-state index contributed by atoms with van der Waals surface area (Å²) in [6.07, 6.45) is 0.930. The quantitative estimate of drug-likeness (QED) is 0.798. The van der Waals surface area contributed by atoms with Gasteiger partial charge in [0.15, 0.2) is 0 Å². The zero-order chi connectivity index (χ0) is 15.8. The van der Waals surface area contributed by atoms with Crippen molar-refractivity contribution < 1.29 is 9.53 Å². The van der Waals surface area contributed by atoms with E-state index in [1.165, 1.54) is 0 Å². The molecule has 0 heterocycles. The summed E-state index contributed by atoms with van der Waals surface area (Å²) in [5.74, 6) is 1.34. The number of hydrogen-bond acceptors (Lipinski definition) is 3. The highest BCUT2D eigenvalue weighted by Crippen LogP contribution is 2.21. The third kappa shape index (κ3) is 5.22. The standard InChI is InChI=1S/C18H22N2O2/c1-20(2)13-7-12-19-18(21)15-8-6-11-17(14-15)22-16-9-4-3-5-10-16/h3-6,8-11,14H,7,12-13H2,1-2H3,(H,19,21). The fraction of sp³-hybridized carbons (Fsp3) is 0.278. The fourth-order valence-electron chi connectivity index (χ4n) is 2.02. The molecule has 4 nitrogen and oxygen atoms in total. The minimum atomic E-state index is -0.0720. The highest BCUT2D eigenvalue weighted by atomic mass is 16.5. The second-order valence-corrected chi connectivity index (χ2v) is 5.36. The summed E-state index contributed by atoms with van der Waals surface area (Å²) >= 11 is 0. The molecule has 0 aromatic heterocycles. The molecule has 1 amide bonds. The van der Waals surface area contributed by atoms with Crippen LogP contribution in [-0.2, 0) is 0 Å². The number of rotatable bonds is 7. The molecule has 116 valence electrons. The molecule has 0 fully saturated rings. The van der Waals surface area contributed by atoms with Gasteiger partial charge in [0.05, 0.1) is 0 Å². The Morgan fingerprint density at radius 2 is 1.77 bits per heavy atom. The van der Waals surface area contributed by atoms with Gasteiger partial charge in [-0.3, -0.25) is 4.79 Å². The smallest absolute Gasteiger partial charge is 0.251 e. The average molecular weight is 298 g/mol. The van der Waals surface area contributed by atoms with Crippen molar-refractivity contribution in [2.24, 2.45) is 0 Å². The van der Waals surface area contributed by atoms with Gasteiger partial charge in [-0.2, -0.15) is 0 Å².